The monoisotopic (exact) mass is 338 g/mol. The van der Waals surface area contributed by atoms with Gasteiger partial charge in [0.05, 0.1) is 0 Å². The van der Waals surface area contributed by atoms with Gasteiger partial charge in [-0.15, -0.1) is 0 Å². The second-order valence-electron chi connectivity index (χ2n) is 6.49. The Balaban J connectivity index is 2.09. The summed E-state index contributed by atoms with van der Waals surface area (Å²) in [6.45, 7) is 0. The van der Waals surface area contributed by atoms with Crippen molar-refractivity contribution in [2.45, 2.75) is 12.8 Å². The van der Waals surface area contributed by atoms with E-state index >= 15 is 0 Å². The van der Waals surface area contributed by atoms with Crippen LogP contribution < -0.4 is 15.6 Å². The zero-order chi connectivity index (χ0) is 17.0. The van der Waals surface area contributed by atoms with Crippen LogP contribution in [-0.4, -0.2) is 8.07 Å². The standard InChI is InChI=1S/C24H22Si/c1-5-13-21(14-6-1)25(22-15-7-2-8-16-22,23-17-9-3-10-18-23)24-19-11-4-12-20-24/h1-3,5-11,13-20H,4,12H2. The van der Waals surface area contributed by atoms with Gasteiger partial charge >= 0.3 is 0 Å². The fraction of sp³-hybridized carbons (Fsp3) is 0.0833. The molecule has 0 spiro atoms. The first kappa shape index (κ1) is 15.9. The minimum Gasteiger partial charge on any atom is -0.0843 e. The van der Waals surface area contributed by atoms with Crippen molar-refractivity contribution in [3.8, 4) is 0 Å². The largest absolute Gasteiger partial charge is 0.179 e. The molecule has 0 bridgehead atoms. The highest BCUT2D eigenvalue weighted by molar-refractivity contribution is 7.16. The quantitative estimate of drug-likeness (QED) is 0.499. The molecule has 0 atom stereocenters. The van der Waals surface area contributed by atoms with E-state index in [1.807, 2.05) is 0 Å². The third kappa shape index (κ3) is 2.81. The summed E-state index contributed by atoms with van der Waals surface area (Å²) in [6.07, 6.45) is 9.47. The predicted octanol–water partition coefficient (Wildman–Crippen LogP) is 3.97. The van der Waals surface area contributed by atoms with E-state index < -0.39 is 8.07 Å². The molecule has 1 aliphatic rings. The molecule has 0 nitrogen and oxygen atoms in total. The average molecular weight is 339 g/mol. The van der Waals surface area contributed by atoms with E-state index in [9.17, 15) is 0 Å². The molecular formula is C24H22Si. The van der Waals surface area contributed by atoms with Gasteiger partial charge in [0.15, 0.2) is 8.07 Å². The molecule has 0 aliphatic heterocycles. The lowest BCUT2D eigenvalue weighted by atomic mass is 10.2. The van der Waals surface area contributed by atoms with E-state index in [0.717, 1.165) is 12.8 Å². The predicted molar refractivity (Wildman–Crippen MR) is 110 cm³/mol. The van der Waals surface area contributed by atoms with Crippen LogP contribution in [0.5, 0.6) is 0 Å². The molecule has 0 heterocycles. The molecule has 0 amide bonds. The van der Waals surface area contributed by atoms with Gasteiger partial charge in [0, 0.05) is 0 Å². The van der Waals surface area contributed by atoms with Crippen molar-refractivity contribution in [1.82, 2.24) is 0 Å². The summed E-state index contributed by atoms with van der Waals surface area (Å²) in [5.74, 6) is 0. The lowest BCUT2D eigenvalue weighted by Crippen LogP contribution is -2.68. The highest BCUT2D eigenvalue weighted by Crippen LogP contribution is 2.22. The number of allylic oxidation sites excluding steroid dienone is 4. The Labute approximate surface area is 151 Å². The van der Waals surface area contributed by atoms with Crippen molar-refractivity contribution in [2.24, 2.45) is 0 Å². The van der Waals surface area contributed by atoms with Crippen molar-refractivity contribution in [1.29, 1.82) is 0 Å². The van der Waals surface area contributed by atoms with E-state index in [2.05, 4.69) is 109 Å². The number of hydrogen-bond acceptors (Lipinski definition) is 0. The lowest BCUT2D eigenvalue weighted by molar-refractivity contribution is 1.03. The van der Waals surface area contributed by atoms with Crippen molar-refractivity contribution in [2.75, 3.05) is 0 Å². The molecule has 4 rings (SSSR count). The molecule has 0 saturated heterocycles. The first-order chi connectivity index (χ1) is 12.4. The van der Waals surface area contributed by atoms with Gasteiger partial charge in [-0.3, -0.25) is 0 Å². The Hall–Kier alpha value is -2.64. The van der Waals surface area contributed by atoms with E-state index in [4.69, 9.17) is 0 Å². The van der Waals surface area contributed by atoms with E-state index in [0.29, 0.717) is 0 Å². The zero-order valence-electron chi connectivity index (χ0n) is 14.3. The van der Waals surface area contributed by atoms with Gasteiger partial charge in [-0.1, -0.05) is 109 Å². The molecule has 0 aromatic heterocycles. The van der Waals surface area contributed by atoms with Crippen LogP contribution in [0.1, 0.15) is 12.8 Å². The fourth-order valence-corrected chi connectivity index (χ4v) is 8.85. The van der Waals surface area contributed by atoms with Crippen LogP contribution in [0.4, 0.5) is 0 Å². The van der Waals surface area contributed by atoms with Gasteiger partial charge in [-0.2, -0.15) is 0 Å². The molecule has 0 fully saturated rings. The Morgan fingerprint density at radius 3 is 1.32 bits per heavy atom. The molecule has 0 saturated carbocycles. The average Bonchev–Trinajstić information content (AvgIpc) is 2.72. The molecule has 0 radical (unpaired) electrons. The second-order valence-corrected chi connectivity index (χ2v) is 10.3. The zero-order valence-corrected chi connectivity index (χ0v) is 15.3. The van der Waals surface area contributed by atoms with Gasteiger partial charge in [0.2, 0.25) is 0 Å². The second kappa shape index (κ2) is 7.08. The summed E-state index contributed by atoms with van der Waals surface area (Å²) < 4.78 is 0. The van der Waals surface area contributed by atoms with Gasteiger partial charge in [0.1, 0.15) is 0 Å². The van der Waals surface area contributed by atoms with Crippen LogP contribution in [0.25, 0.3) is 0 Å². The van der Waals surface area contributed by atoms with Crippen LogP contribution in [-0.2, 0) is 0 Å². The van der Waals surface area contributed by atoms with Gasteiger partial charge in [-0.25, -0.2) is 0 Å². The van der Waals surface area contributed by atoms with Crippen molar-refractivity contribution < 1.29 is 0 Å². The summed E-state index contributed by atoms with van der Waals surface area (Å²) in [7, 11) is -2.25. The third-order valence-corrected chi connectivity index (χ3v) is 9.88. The highest BCUT2D eigenvalue weighted by Gasteiger charge is 2.41. The third-order valence-electron chi connectivity index (χ3n) is 5.05. The van der Waals surface area contributed by atoms with Crippen LogP contribution in [0.3, 0.4) is 0 Å². The maximum Gasteiger partial charge on any atom is 0.179 e. The van der Waals surface area contributed by atoms with Crippen molar-refractivity contribution >= 4 is 23.6 Å². The first-order valence-electron chi connectivity index (χ1n) is 8.96. The maximum atomic E-state index is 2.47. The normalized spacial score (nSPS) is 14.2. The van der Waals surface area contributed by atoms with E-state index in [1.165, 1.54) is 20.8 Å². The molecule has 1 heteroatoms. The Morgan fingerprint density at radius 1 is 0.520 bits per heavy atom. The first-order valence-corrected chi connectivity index (χ1v) is 11.0. The van der Waals surface area contributed by atoms with Gasteiger partial charge in [0.25, 0.3) is 0 Å². The summed E-state index contributed by atoms with van der Waals surface area (Å²) in [5.41, 5.74) is 0. The van der Waals surface area contributed by atoms with E-state index in [1.54, 1.807) is 0 Å². The SMILES string of the molecule is C1=CC([Si](c2ccccc2)(c2ccccc2)c2ccccc2)=CCC1. The van der Waals surface area contributed by atoms with Crippen molar-refractivity contribution in [3.63, 3.8) is 0 Å². The maximum absolute atomic E-state index is 2.47. The molecule has 0 unspecified atom stereocenters. The Morgan fingerprint density at radius 2 is 0.960 bits per heavy atom. The van der Waals surface area contributed by atoms with Crippen LogP contribution in [0, 0.1) is 0 Å². The van der Waals surface area contributed by atoms with Gasteiger partial charge < -0.3 is 0 Å². The van der Waals surface area contributed by atoms with Crippen LogP contribution >= 0.6 is 0 Å². The Bertz CT molecular complexity index is 780. The molecule has 1 aliphatic carbocycles. The number of hydrogen-bond donors (Lipinski definition) is 0. The van der Waals surface area contributed by atoms with Crippen molar-refractivity contribution in [3.05, 3.63) is 114 Å². The molecule has 3 aromatic rings. The molecule has 3 aromatic carbocycles. The molecular weight excluding hydrogens is 316 g/mol. The topological polar surface area (TPSA) is 0 Å². The molecule has 0 N–H and O–H groups in total. The van der Waals surface area contributed by atoms with Gasteiger partial charge in [-0.05, 0) is 33.6 Å². The summed E-state index contributed by atoms with van der Waals surface area (Å²) >= 11 is 0. The van der Waals surface area contributed by atoms with Crippen LogP contribution in [0.2, 0.25) is 0 Å². The minimum absolute atomic E-state index is 1.13. The summed E-state index contributed by atoms with van der Waals surface area (Å²) in [5, 5.41) is 5.85. The summed E-state index contributed by atoms with van der Waals surface area (Å²) in [4.78, 5) is 0. The number of rotatable bonds is 4. The Kier molecular flexibility index (Phi) is 4.49. The lowest BCUT2D eigenvalue weighted by Gasteiger charge is -2.36. The minimum atomic E-state index is -2.25. The van der Waals surface area contributed by atoms with Crippen LogP contribution in [0.15, 0.2) is 114 Å². The summed E-state index contributed by atoms with van der Waals surface area (Å²) in [6, 6.07) is 33.3. The van der Waals surface area contributed by atoms with E-state index in [-0.39, 0.29) is 0 Å². The molecule has 25 heavy (non-hydrogen) atoms. The number of benzene rings is 3. The fourth-order valence-electron chi connectivity index (χ4n) is 3.96. The highest BCUT2D eigenvalue weighted by atomic mass is 28.3. The molecule has 122 valence electrons. The smallest absolute Gasteiger partial charge is 0.0843 e.